The van der Waals surface area contributed by atoms with Crippen molar-refractivity contribution >= 4 is 21.9 Å². The third-order valence-corrected chi connectivity index (χ3v) is 4.20. The first-order chi connectivity index (χ1) is 10.3. The first-order valence-electron chi connectivity index (χ1n) is 6.16. The Bertz CT molecular complexity index is 847. The number of carbonyl (C=O) groups excluding carboxylic acids is 1. The molecule has 0 spiro atoms. The van der Waals surface area contributed by atoms with Gasteiger partial charge in [-0.1, -0.05) is 17.7 Å². The van der Waals surface area contributed by atoms with Gasteiger partial charge in [0.2, 0.25) is 0 Å². The summed E-state index contributed by atoms with van der Waals surface area (Å²) in [4.78, 5) is 11.8. The quantitative estimate of drug-likeness (QED) is 0.879. The maximum Gasteiger partial charge on any atom is 0.334 e. The molecule has 1 heterocycles. The smallest absolute Gasteiger partial charge is 0.291 e. The van der Waals surface area contributed by atoms with Crippen LogP contribution < -0.4 is 10.0 Å². The highest BCUT2D eigenvalue weighted by Crippen LogP contribution is 2.13. The highest BCUT2D eigenvalue weighted by atomic mass is 32.2. The average molecular weight is 319 g/mol. The summed E-state index contributed by atoms with van der Waals surface area (Å²) in [5.74, 6) is 0.110. The molecule has 1 aromatic heterocycles. The van der Waals surface area contributed by atoms with Crippen molar-refractivity contribution in [3.05, 3.63) is 41.6 Å². The molecule has 0 saturated carbocycles. The van der Waals surface area contributed by atoms with Gasteiger partial charge in [-0.3, -0.25) is 10.00 Å². The molecule has 2 rings (SSSR count). The van der Waals surface area contributed by atoms with Gasteiger partial charge in [0, 0.05) is 7.05 Å². The number of benzene rings is 1. The highest BCUT2D eigenvalue weighted by molar-refractivity contribution is 7.90. The number of aromatic nitrogens is 2. The van der Waals surface area contributed by atoms with Gasteiger partial charge in [-0.15, -0.1) is 0 Å². The zero-order valence-electron chi connectivity index (χ0n) is 11.9. The second kappa shape index (κ2) is 5.87. The standard InChI is InChI=1S/C13H13N5O3S/c1-9-3-5-11(6-4-9)22(20,21)17-13(19)16-12-10(7-14)8-15-18(12)2/h3-6,8H,1-2H3,(H2,16,17,19). The predicted octanol–water partition coefficient (Wildman–Crippen LogP) is 1.11. The second-order valence-electron chi connectivity index (χ2n) is 4.51. The first kappa shape index (κ1) is 15.5. The largest absolute Gasteiger partial charge is 0.334 e. The van der Waals surface area contributed by atoms with Gasteiger partial charge in [0.05, 0.1) is 11.1 Å². The van der Waals surface area contributed by atoms with Crippen LogP contribution in [0.2, 0.25) is 0 Å². The maximum atomic E-state index is 12.1. The summed E-state index contributed by atoms with van der Waals surface area (Å²) >= 11 is 0. The molecule has 0 fully saturated rings. The lowest BCUT2D eigenvalue weighted by Gasteiger charge is -2.09. The molecule has 0 bridgehead atoms. The summed E-state index contributed by atoms with van der Waals surface area (Å²) in [7, 11) is -2.47. The topological polar surface area (TPSA) is 117 Å². The van der Waals surface area contributed by atoms with Gasteiger partial charge in [0.1, 0.15) is 17.5 Å². The van der Waals surface area contributed by atoms with Gasteiger partial charge in [0.25, 0.3) is 10.0 Å². The number of urea groups is 1. The van der Waals surface area contributed by atoms with Crippen LogP contribution in [0.15, 0.2) is 35.4 Å². The summed E-state index contributed by atoms with van der Waals surface area (Å²) in [5, 5.41) is 15.0. The number of sulfonamides is 1. The maximum absolute atomic E-state index is 12.1. The van der Waals surface area contributed by atoms with E-state index >= 15 is 0 Å². The van der Waals surface area contributed by atoms with Gasteiger partial charge in [-0.25, -0.2) is 17.9 Å². The Labute approximate surface area is 127 Å². The Morgan fingerprint density at radius 2 is 1.95 bits per heavy atom. The number of nitriles is 1. The number of nitrogens with zero attached hydrogens (tertiary/aromatic N) is 3. The first-order valence-corrected chi connectivity index (χ1v) is 7.64. The van der Waals surface area contributed by atoms with E-state index < -0.39 is 16.1 Å². The highest BCUT2D eigenvalue weighted by Gasteiger charge is 2.19. The predicted molar refractivity (Wildman–Crippen MR) is 78.4 cm³/mol. The normalized spacial score (nSPS) is 10.8. The van der Waals surface area contributed by atoms with Crippen LogP contribution in [0, 0.1) is 18.3 Å². The number of carbonyl (C=O) groups is 1. The second-order valence-corrected chi connectivity index (χ2v) is 6.20. The lowest BCUT2D eigenvalue weighted by Crippen LogP contribution is -2.35. The summed E-state index contributed by atoms with van der Waals surface area (Å²) in [5.41, 5.74) is 1.03. The van der Waals surface area contributed by atoms with Crippen molar-refractivity contribution in [3.8, 4) is 6.07 Å². The fourth-order valence-corrected chi connectivity index (χ4v) is 2.61. The Balaban J connectivity index is 2.16. The fraction of sp³-hybridized carbons (Fsp3) is 0.154. The van der Waals surface area contributed by atoms with Gasteiger partial charge in [-0.2, -0.15) is 10.4 Å². The molecule has 22 heavy (non-hydrogen) atoms. The molecule has 9 heteroatoms. The molecule has 0 unspecified atom stereocenters. The van der Waals surface area contributed by atoms with Crippen LogP contribution in [-0.4, -0.2) is 24.2 Å². The number of hydrogen-bond donors (Lipinski definition) is 2. The third-order valence-electron chi connectivity index (χ3n) is 2.85. The zero-order chi connectivity index (χ0) is 16.3. The fourth-order valence-electron chi connectivity index (χ4n) is 1.70. The zero-order valence-corrected chi connectivity index (χ0v) is 12.7. The average Bonchev–Trinajstić information content (AvgIpc) is 2.79. The summed E-state index contributed by atoms with van der Waals surface area (Å²) in [6, 6.07) is 6.93. The summed E-state index contributed by atoms with van der Waals surface area (Å²) < 4.78 is 27.3. The molecular weight excluding hydrogens is 306 g/mol. The van der Waals surface area contributed by atoms with Crippen LogP contribution in [0.25, 0.3) is 0 Å². The Hall–Kier alpha value is -2.86. The molecule has 0 saturated heterocycles. The Morgan fingerprint density at radius 3 is 2.55 bits per heavy atom. The van der Waals surface area contributed by atoms with E-state index in [9.17, 15) is 13.2 Å². The molecule has 0 radical (unpaired) electrons. The molecule has 0 atom stereocenters. The molecule has 2 amide bonds. The van der Waals surface area contributed by atoms with Crippen LogP contribution in [0.3, 0.4) is 0 Å². The SMILES string of the molecule is Cc1ccc(S(=O)(=O)NC(=O)Nc2c(C#N)cnn2C)cc1. The number of hydrogen-bond acceptors (Lipinski definition) is 5. The molecule has 0 aliphatic heterocycles. The minimum absolute atomic E-state index is 0.0289. The lowest BCUT2D eigenvalue weighted by molar-refractivity contribution is 0.256. The van der Waals surface area contributed by atoms with Gasteiger partial charge in [0.15, 0.2) is 0 Å². The van der Waals surface area contributed by atoms with Crippen LogP contribution >= 0.6 is 0 Å². The summed E-state index contributed by atoms with van der Waals surface area (Å²) in [6.45, 7) is 1.82. The van der Waals surface area contributed by atoms with Crippen molar-refractivity contribution in [2.75, 3.05) is 5.32 Å². The minimum atomic E-state index is -3.99. The van der Waals surface area contributed by atoms with E-state index in [1.807, 2.05) is 17.7 Å². The summed E-state index contributed by atoms with van der Waals surface area (Å²) in [6.07, 6.45) is 1.27. The van der Waals surface area contributed by atoms with Crippen molar-refractivity contribution in [2.45, 2.75) is 11.8 Å². The van der Waals surface area contributed by atoms with Gasteiger partial charge >= 0.3 is 6.03 Å². The van der Waals surface area contributed by atoms with Gasteiger partial charge in [-0.05, 0) is 19.1 Å². The molecule has 8 nitrogen and oxygen atoms in total. The van der Waals surface area contributed by atoms with Crippen molar-refractivity contribution in [3.63, 3.8) is 0 Å². The van der Waals surface area contributed by atoms with Crippen molar-refractivity contribution in [1.29, 1.82) is 5.26 Å². The van der Waals surface area contributed by atoms with Crippen LogP contribution in [0.1, 0.15) is 11.1 Å². The molecule has 0 aliphatic rings. The molecular formula is C13H13N5O3S. The molecule has 1 aromatic carbocycles. The van der Waals surface area contributed by atoms with E-state index in [2.05, 4.69) is 10.4 Å². The molecule has 2 N–H and O–H groups in total. The Morgan fingerprint density at radius 1 is 1.32 bits per heavy atom. The van der Waals surface area contributed by atoms with E-state index in [0.717, 1.165) is 5.56 Å². The number of nitrogens with one attached hydrogen (secondary N) is 2. The van der Waals surface area contributed by atoms with E-state index in [1.54, 1.807) is 12.1 Å². The monoisotopic (exact) mass is 319 g/mol. The van der Waals surface area contributed by atoms with Crippen molar-refractivity contribution < 1.29 is 13.2 Å². The number of anilines is 1. The third kappa shape index (κ3) is 3.24. The van der Waals surface area contributed by atoms with Gasteiger partial charge < -0.3 is 0 Å². The minimum Gasteiger partial charge on any atom is -0.291 e. The van der Waals surface area contributed by atoms with Crippen LogP contribution in [0.4, 0.5) is 10.6 Å². The molecule has 114 valence electrons. The van der Waals surface area contributed by atoms with E-state index in [-0.39, 0.29) is 16.3 Å². The van der Waals surface area contributed by atoms with Crippen molar-refractivity contribution in [1.82, 2.24) is 14.5 Å². The number of rotatable bonds is 3. The molecule has 2 aromatic rings. The Kier molecular flexibility index (Phi) is 4.14. The van der Waals surface area contributed by atoms with Crippen LogP contribution in [0.5, 0.6) is 0 Å². The van der Waals surface area contributed by atoms with E-state index in [0.29, 0.717) is 0 Å². The van der Waals surface area contributed by atoms with E-state index in [1.165, 1.54) is 30.1 Å². The van der Waals surface area contributed by atoms with E-state index in [4.69, 9.17) is 5.26 Å². The molecule has 0 aliphatic carbocycles. The van der Waals surface area contributed by atoms with Crippen LogP contribution in [-0.2, 0) is 17.1 Å². The van der Waals surface area contributed by atoms with Crippen molar-refractivity contribution in [2.24, 2.45) is 7.05 Å². The lowest BCUT2D eigenvalue weighted by atomic mass is 10.2. The number of amides is 2. The number of aryl methyl sites for hydroxylation is 2.